The van der Waals surface area contributed by atoms with Gasteiger partial charge < -0.3 is 9.67 Å². The molecule has 6 heteroatoms. The van der Waals surface area contributed by atoms with Crippen molar-refractivity contribution < 1.29 is 9.90 Å². The molecule has 0 radical (unpaired) electrons. The third kappa shape index (κ3) is 3.15. The number of rotatable bonds is 4. The average molecular weight is 354 g/mol. The van der Waals surface area contributed by atoms with Crippen LogP contribution in [0.2, 0.25) is 5.02 Å². The van der Waals surface area contributed by atoms with Crippen LogP contribution >= 0.6 is 11.6 Å². The fraction of sp³-hybridized carbons (Fsp3) is 0.211. The lowest BCUT2D eigenvalue weighted by Crippen LogP contribution is -1.98. The van der Waals surface area contributed by atoms with Crippen LogP contribution in [0.3, 0.4) is 0 Å². The molecule has 1 N–H and O–H groups in total. The van der Waals surface area contributed by atoms with Gasteiger partial charge in [0, 0.05) is 22.5 Å². The standard InChI is InChI=1S/C19H16ClN3O2/c20-14-5-3-4-13(10-14)18(24)22-21-17-15-6-1-2-7-16(15)23(19(17)25)11-12-8-9-12/h1-7,10,12,25H,8-9,11H2. The number of carbonyl (C=O) groups is 1. The molecule has 0 bridgehead atoms. The summed E-state index contributed by atoms with van der Waals surface area (Å²) in [5.41, 5.74) is 1.58. The average Bonchev–Trinajstić information content (AvgIpc) is 3.40. The molecule has 25 heavy (non-hydrogen) atoms. The third-order valence-electron chi connectivity index (χ3n) is 4.37. The summed E-state index contributed by atoms with van der Waals surface area (Å²) in [5, 5.41) is 19.7. The lowest BCUT2D eigenvalue weighted by atomic mass is 10.2. The zero-order chi connectivity index (χ0) is 17.4. The summed E-state index contributed by atoms with van der Waals surface area (Å²) in [7, 11) is 0. The van der Waals surface area contributed by atoms with Crippen molar-refractivity contribution in [3.8, 4) is 5.88 Å². The van der Waals surface area contributed by atoms with Gasteiger partial charge in [-0.15, -0.1) is 10.2 Å². The van der Waals surface area contributed by atoms with E-state index in [1.165, 1.54) is 12.8 Å². The van der Waals surface area contributed by atoms with Gasteiger partial charge in [-0.05, 0) is 43.0 Å². The van der Waals surface area contributed by atoms with Crippen molar-refractivity contribution in [1.82, 2.24) is 4.57 Å². The molecule has 1 heterocycles. The largest absolute Gasteiger partial charge is 0.493 e. The predicted octanol–water partition coefficient (Wildman–Crippen LogP) is 5.33. The maximum atomic E-state index is 12.2. The van der Waals surface area contributed by atoms with Gasteiger partial charge in [0.25, 0.3) is 5.91 Å². The number of fused-ring (bicyclic) bond motifs is 1. The van der Waals surface area contributed by atoms with Gasteiger partial charge in [0.1, 0.15) is 0 Å². The zero-order valence-corrected chi connectivity index (χ0v) is 14.1. The van der Waals surface area contributed by atoms with Crippen LogP contribution in [0.4, 0.5) is 5.69 Å². The van der Waals surface area contributed by atoms with Crippen molar-refractivity contribution in [3.05, 3.63) is 59.1 Å². The van der Waals surface area contributed by atoms with Crippen LogP contribution in [0.25, 0.3) is 10.9 Å². The Morgan fingerprint density at radius 2 is 2.00 bits per heavy atom. The van der Waals surface area contributed by atoms with E-state index < -0.39 is 5.91 Å². The van der Waals surface area contributed by atoms with Crippen LogP contribution in [0, 0.1) is 5.92 Å². The Morgan fingerprint density at radius 3 is 2.76 bits per heavy atom. The lowest BCUT2D eigenvalue weighted by molar-refractivity contribution is 0.0995. The molecule has 126 valence electrons. The number of azo groups is 1. The molecule has 1 fully saturated rings. The molecular formula is C19H16ClN3O2. The summed E-state index contributed by atoms with van der Waals surface area (Å²) in [6.07, 6.45) is 2.35. The van der Waals surface area contributed by atoms with Crippen molar-refractivity contribution in [2.45, 2.75) is 19.4 Å². The van der Waals surface area contributed by atoms with Gasteiger partial charge in [0.15, 0.2) is 5.69 Å². The number of amides is 1. The molecule has 3 aromatic rings. The molecule has 1 aliphatic carbocycles. The van der Waals surface area contributed by atoms with E-state index in [9.17, 15) is 9.90 Å². The Bertz CT molecular complexity index is 989. The highest BCUT2D eigenvalue weighted by molar-refractivity contribution is 6.30. The minimum absolute atomic E-state index is 0.0516. The fourth-order valence-corrected chi connectivity index (χ4v) is 3.08. The zero-order valence-electron chi connectivity index (χ0n) is 13.4. The van der Waals surface area contributed by atoms with Gasteiger partial charge in [-0.1, -0.05) is 35.9 Å². The number of hydrogen-bond donors (Lipinski definition) is 1. The van der Waals surface area contributed by atoms with E-state index in [1.807, 2.05) is 28.8 Å². The van der Waals surface area contributed by atoms with Gasteiger partial charge in [-0.3, -0.25) is 4.79 Å². The second kappa shape index (κ2) is 6.33. The number of para-hydroxylation sites is 1. The van der Waals surface area contributed by atoms with Crippen LogP contribution in [0.15, 0.2) is 58.8 Å². The first-order valence-electron chi connectivity index (χ1n) is 8.15. The summed E-state index contributed by atoms with van der Waals surface area (Å²) in [6.45, 7) is 0.754. The molecule has 5 nitrogen and oxygen atoms in total. The number of aromatic hydroxyl groups is 1. The minimum Gasteiger partial charge on any atom is -0.493 e. The normalized spacial score (nSPS) is 14.4. The molecule has 4 rings (SSSR count). The van der Waals surface area contributed by atoms with Crippen molar-refractivity contribution in [2.75, 3.05) is 0 Å². The first kappa shape index (κ1) is 15.8. The highest BCUT2D eigenvalue weighted by Gasteiger charge is 2.25. The van der Waals surface area contributed by atoms with Crippen molar-refractivity contribution in [2.24, 2.45) is 16.1 Å². The summed E-state index contributed by atoms with van der Waals surface area (Å²) < 4.78 is 1.85. The molecule has 1 aliphatic rings. The Labute approximate surface area is 149 Å². The Morgan fingerprint density at radius 1 is 1.20 bits per heavy atom. The monoisotopic (exact) mass is 353 g/mol. The van der Waals surface area contributed by atoms with E-state index in [1.54, 1.807) is 24.3 Å². The van der Waals surface area contributed by atoms with Crippen molar-refractivity contribution in [1.29, 1.82) is 0 Å². The Balaban J connectivity index is 1.71. The number of hydrogen-bond acceptors (Lipinski definition) is 3. The molecular weight excluding hydrogens is 338 g/mol. The minimum atomic E-state index is -0.499. The second-order valence-electron chi connectivity index (χ2n) is 6.26. The van der Waals surface area contributed by atoms with Crippen LogP contribution in [0.1, 0.15) is 23.2 Å². The van der Waals surface area contributed by atoms with E-state index in [-0.39, 0.29) is 5.88 Å². The van der Waals surface area contributed by atoms with Gasteiger partial charge >= 0.3 is 0 Å². The summed E-state index contributed by atoms with van der Waals surface area (Å²) in [4.78, 5) is 12.2. The highest BCUT2D eigenvalue weighted by atomic mass is 35.5. The second-order valence-corrected chi connectivity index (χ2v) is 6.70. The van der Waals surface area contributed by atoms with Crippen LogP contribution in [0.5, 0.6) is 5.88 Å². The first-order chi connectivity index (χ1) is 12.1. The number of halogens is 1. The predicted molar refractivity (Wildman–Crippen MR) is 96.6 cm³/mol. The maximum absolute atomic E-state index is 12.2. The van der Waals surface area contributed by atoms with Gasteiger partial charge in [0.05, 0.1) is 5.52 Å². The van der Waals surface area contributed by atoms with E-state index in [4.69, 9.17) is 11.6 Å². The molecule has 0 atom stereocenters. The summed E-state index contributed by atoms with van der Waals surface area (Å²) >= 11 is 5.90. The van der Waals surface area contributed by atoms with Crippen molar-refractivity contribution >= 4 is 34.1 Å². The topological polar surface area (TPSA) is 66.9 Å². The molecule has 0 spiro atoms. The molecule has 1 amide bonds. The molecule has 1 aromatic heterocycles. The maximum Gasteiger partial charge on any atom is 0.295 e. The lowest BCUT2D eigenvalue weighted by Gasteiger charge is -2.04. The Kier molecular flexibility index (Phi) is 4.01. The van der Waals surface area contributed by atoms with E-state index in [0.29, 0.717) is 22.2 Å². The number of benzene rings is 2. The van der Waals surface area contributed by atoms with Gasteiger partial charge in [0.2, 0.25) is 5.88 Å². The number of nitrogens with zero attached hydrogens (tertiary/aromatic N) is 3. The van der Waals surface area contributed by atoms with Crippen LogP contribution in [-0.4, -0.2) is 15.6 Å². The van der Waals surface area contributed by atoms with E-state index in [2.05, 4.69) is 10.2 Å². The molecule has 1 saturated carbocycles. The third-order valence-corrected chi connectivity index (χ3v) is 4.60. The molecule has 0 saturated heterocycles. The van der Waals surface area contributed by atoms with Crippen LogP contribution < -0.4 is 0 Å². The quantitative estimate of drug-likeness (QED) is 0.644. The SMILES string of the molecule is O=C(N=Nc1c(O)n(CC2CC2)c2ccccc12)c1cccc(Cl)c1. The number of aromatic nitrogens is 1. The van der Waals surface area contributed by atoms with E-state index >= 15 is 0 Å². The fourth-order valence-electron chi connectivity index (χ4n) is 2.89. The Hall–Kier alpha value is -2.66. The summed E-state index contributed by atoms with van der Waals surface area (Å²) in [5.74, 6) is 0.149. The van der Waals surface area contributed by atoms with Gasteiger partial charge in [-0.25, -0.2) is 0 Å². The smallest absolute Gasteiger partial charge is 0.295 e. The first-order valence-corrected chi connectivity index (χ1v) is 8.53. The molecule has 2 aromatic carbocycles. The molecule has 0 unspecified atom stereocenters. The highest BCUT2D eigenvalue weighted by Crippen LogP contribution is 2.41. The molecule has 0 aliphatic heterocycles. The van der Waals surface area contributed by atoms with Gasteiger partial charge in [-0.2, -0.15) is 0 Å². The van der Waals surface area contributed by atoms with E-state index in [0.717, 1.165) is 17.4 Å². The van der Waals surface area contributed by atoms with Crippen molar-refractivity contribution in [3.63, 3.8) is 0 Å². The van der Waals surface area contributed by atoms with Crippen LogP contribution in [-0.2, 0) is 6.54 Å². The number of carbonyl (C=O) groups excluding carboxylic acids is 1. The summed E-state index contributed by atoms with van der Waals surface area (Å²) in [6, 6.07) is 14.1.